The number of hydrogen-bond donors (Lipinski definition) is 2. The first-order valence-electron chi connectivity index (χ1n) is 9.31. The third-order valence-corrected chi connectivity index (χ3v) is 5.60. The zero-order valence-corrected chi connectivity index (χ0v) is 17.8. The number of nitrogens with two attached hydrogens (primary N) is 1. The number of carbonyl (C=O) groups excluding carboxylic acids is 1. The maximum atomic E-state index is 12.2. The van der Waals surface area contributed by atoms with Crippen LogP contribution in [0.3, 0.4) is 0 Å². The van der Waals surface area contributed by atoms with Crippen molar-refractivity contribution >= 4 is 39.2 Å². The maximum absolute atomic E-state index is 12.2. The van der Waals surface area contributed by atoms with Crippen LogP contribution in [0.5, 0.6) is 5.88 Å². The van der Waals surface area contributed by atoms with E-state index in [1.807, 2.05) is 37.6 Å². The first-order valence-corrected chi connectivity index (χ1v) is 10.1. The van der Waals surface area contributed by atoms with Crippen LogP contribution in [-0.2, 0) is 0 Å². The molecule has 0 bridgehead atoms. The molecular weight excluding hydrogens is 402 g/mol. The van der Waals surface area contributed by atoms with Gasteiger partial charge in [-0.15, -0.1) is 11.3 Å². The number of ether oxygens (including phenoxy) is 1. The van der Waals surface area contributed by atoms with E-state index in [2.05, 4.69) is 20.4 Å². The van der Waals surface area contributed by atoms with E-state index >= 15 is 0 Å². The Balaban J connectivity index is 1.88. The molecule has 0 spiro atoms. The zero-order valence-electron chi connectivity index (χ0n) is 17.0. The number of thiophene rings is 1. The molecule has 4 aromatic heterocycles. The lowest BCUT2D eigenvalue weighted by molar-refractivity contribution is 0.100. The van der Waals surface area contributed by atoms with E-state index in [1.54, 1.807) is 18.5 Å². The van der Waals surface area contributed by atoms with Crippen molar-refractivity contribution in [3.63, 3.8) is 0 Å². The summed E-state index contributed by atoms with van der Waals surface area (Å²) in [6.45, 7) is 6.03. The molecule has 0 unspecified atom stereocenters. The molecule has 9 nitrogen and oxygen atoms in total. The summed E-state index contributed by atoms with van der Waals surface area (Å²) in [4.78, 5) is 25.9. The van der Waals surface area contributed by atoms with Crippen LogP contribution in [0, 0.1) is 6.92 Å². The summed E-state index contributed by atoms with van der Waals surface area (Å²) >= 11 is 1.24. The Labute approximate surface area is 176 Å². The second-order valence-corrected chi connectivity index (χ2v) is 8.02. The van der Waals surface area contributed by atoms with Crippen LogP contribution in [0.15, 0.2) is 30.6 Å². The van der Waals surface area contributed by atoms with Gasteiger partial charge in [0, 0.05) is 29.4 Å². The number of fused-ring (bicyclic) bond motifs is 1. The standard InChI is InChI=1S/C20H21N7O2S/c1-10(2)27-14(8-11(3)26-27)24-20-23-9-13-16(25-20)15(17(30-13)18(21)28)12-6-5-7-22-19(12)29-4/h5-10H,1-4H3,(H2,21,28)(H,23,24,25). The van der Waals surface area contributed by atoms with Gasteiger partial charge in [0.2, 0.25) is 11.8 Å². The topological polar surface area (TPSA) is 121 Å². The van der Waals surface area contributed by atoms with Crippen molar-refractivity contribution < 1.29 is 9.53 Å². The number of anilines is 2. The lowest BCUT2D eigenvalue weighted by Crippen LogP contribution is -2.10. The van der Waals surface area contributed by atoms with Gasteiger partial charge >= 0.3 is 0 Å². The van der Waals surface area contributed by atoms with E-state index in [0.29, 0.717) is 33.3 Å². The molecule has 10 heteroatoms. The number of aromatic nitrogens is 5. The van der Waals surface area contributed by atoms with Crippen LogP contribution in [0.25, 0.3) is 21.3 Å². The molecule has 0 atom stereocenters. The number of primary amides is 1. The van der Waals surface area contributed by atoms with E-state index in [1.165, 1.54) is 18.4 Å². The lowest BCUT2D eigenvalue weighted by atomic mass is 10.1. The molecule has 0 radical (unpaired) electrons. The second kappa shape index (κ2) is 7.71. The van der Waals surface area contributed by atoms with Crippen LogP contribution in [0.1, 0.15) is 35.3 Å². The molecule has 0 aliphatic heterocycles. The number of aryl methyl sites for hydroxylation is 1. The van der Waals surface area contributed by atoms with Crippen molar-refractivity contribution in [2.75, 3.05) is 12.4 Å². The third kappa shape index (κ3) is 3.45. The van der Waals surface area contributed by atoms with E-state index in [0.717, 1.165) is 16.2 Å². The minimum atomic E-state index is -0.540. The van der Waals surface area contributed by atoms with E-state index in [4.69, 9.17) is 15.5 Å². The summed E-state index contributed by atoms with van der Waals surface area (Å²) < 4.78 is 8.01. The van der Waals surface area contributed by atoms with Crippen molar-refractivity contribution in [2.45, 2.75) is 26.8 Å². The SMILES string of the molecule is COc1ncccc1-c1c(C(N)=O)sc2cnc(Nc3cc(C)nn3C(C)C)nc12. The molecule has 0 saturated heterocycles. The van der Waals surface area contributed by atoms with Crippen molar-refractivity contribution in [1.29, 1.82) is 0 Å². The molecule has 4 heterocycles. The Kier molecular flexibility index (Phi) is 5.08. The van der Waals surface area contributed by atoms with Crippen molar-refractivity contribution in [1.82, 2.24) is 24.7 Å². The summed E-state index contributed by atoms with van der Waals surface area (Å²) in [5, 5.41) is 7.73. The first-order chi connectivity index (χ1) is 14.4. The summed E-state index contributed by atoms with van der Waals surface area (Å²) in [5.41, 5.74) is 8.39. The highest BCUT2D eigenvalue weighted by atomic mass is 32.1. The van der Waals surface area contributed by atoms with Crippen LogP contribution >= 0.6 is 11.3 Å². The summed E-state index contributed by atoms with van der Waals surface area (Å²) in [6, 6.07) is 5.70. The average molecular weight is 424 g/mol. The molecule has 0 aliphatic carbocycles. The molecule has 0 aliphatic rings. The number of pyridine rings is 1. The van der Waals surface area contributed by atoms with Crippen LogP contribution in [0.2, 0.25) is 0 Å². The Morgan fingerprint density at radius 2 is 2.13 bits per heavy atom. The Morgan fingerprint density at radius 1 is 1.33 bits per heavy atom. The number of hydrogen-bond acceptors (Lipinski definition) is 8. The van der Waals surface area contributed by atoms with E-state index in [-0.39, 0.29) is 6.04 Å². The van der Waals surface area contributed by atoms with Gasteiger partial charge in [-0.2, -0.15) is 5.10 Å². The highest BCUT2D eigenvalue weighted by Gasteiger charge is 2.23. The fourth-order valence-electron chi connectivity index (χ4n) is 3.24. The minimum Gasteiger partial charge on any atom is -0.481 e. The fourth-order valence-corrected chi connectivity index (χ4v) is 4.22. The number of rotatable bonds is 6. The van der Waals surface area contributed by atoms with Crippen LogP contribution in [0.4, 0.5) is 11.8 Å². The van der Waals surface area contributed by atoms with Crippen molar-refractivity contribution in [3.8, 4) is 17.0 Å². The average Bonchev–Trinajstić information content (AvgIpc) is 3.28. The molecule has 4 aromatic rings. The minimum absolute atomic E-state index is 0.169. The zero-order chi connectivity index (χ0) is 21.4. The lowest BCUT2D eigenvalue weighted by Gasteiger charge is -2.12. The number of methoxy groups -OCH3 is 1. The molecule has 3 N–H and O–H groups in total. The smallest absolute Gasteiger partial charge is 0.259 e. The predicted molar refractivity (Wildman–Crippen MR) is 116 cm³/mol. The second-order valence-electron chi connectivity index (χ2n) is 6.97. The Bertz CT molecular complexity index is 1250. The molecule has 0 fully saturated rings. The van der Waals surface area contributed by atoms with Gasteiger partial charge in [-0.05, 0) is 32.9 Å². The van der Waals surface area contributed by atoms with Gasteiger partial charge in [0.05, 0.1) is 29.2 Å². The highest BCUT2D eigenvalue weighted by molar-refractivity contribution is 7.21. The fraction of sp³-hybridized carbons (Fsp3) is 0.250. The third-order valence-electron chi connectivity index (χ3n) is 4.48. The van der Waals surface area contributed by atoms with Gasteiger partial charge < -0.3 is 15.8 Å². The molecule has 0 saturated carbocycles. The molecule has 154 valence electrons. The van der Waals surface area contributed by atoms with Crippen LogP contribution in [-0.4, -0.2) is 37.7 Å². The number of carbonyl (C=O) groups is 1. The van der Waals surface area contributed by atoms with Crippen LogP contribution < -0.4 is 15.8 Å². The number of nitrogens with one attached hydrogen (secondary N) is 1. The Morgan fingerprint density at radius 3 is 2.83 bits per heavy atom. The Hall–Kier alpha value is -3.53. The number of nitrogens with zero attached hydrogens (tertiary/aromatic N) is 5. The highest BCUT2D eigenvalue weighted by Crippen LogP contribution is 2.41. The summed E-state index contributed by atoms with van der Waals surface area (Å²) in [7, 11) is 1.53. The largest absolute Gasteiger partial charge is 0.481 e. The summed E-state index contributed by atoms with van der Waals surface area (Å²) in [6.07, 6.45) is 3.30. The number of amides is 1. The maximum Gasteiger partial charge on any atom is 0.259 e. The molecule has 4 rings (SSSR count). The van der Waals surface area contributed by atoms with E-state index < -0.39 is 5.91 Å². The first kappa shape index (κ1) is 19.8. The van der Waals surface area contributed by atoms with Gasteiger partial charge in [0.1, 0.15) is 10.7 Å². The van der Waals surface area contributed by atoms with E-state index in [9.17, 15) is 4.79 Å². The van der Waals surface area contributed by atoms with Gasteiger partial charge in [-0.1, -0.05) is 0 Å². The monoisotopic (exact) mass is 423 g/mol. The quantitative estimate of drug-likeness (QED) is 0.485. The summed E-state index contributed by atoms with van der Waals surface area (Å²) in [5.74, 6) is 1.03. The molecule has 30 heavy (non-hydrogen) atoms. The van der Waals surface area contributed by atoms with Gasteiger partial charge in [-0.3, -0.25) is 4.79 Å². The molecule has 1 amide bonds. The van der Waals surface area contributed by atoms with Gasteiger partial charge in [-0.25, -0.2) is 19.6 Å². The molecule has 0 aromatic carbocycles. The van der Waals surface area contributed by atoms with Gasteiger partial charge in [0.25, 0.3) is 5.91 Å². The van der Waals surface area contributed by atoms with Crippen molar-refractivity contribution in [2.24, 2.45) is 5.73 Å². The molecular formula is C20H21N7O2S. The van der Waals surface area contributed by atoms with Crippen molar-refractivity contribution in [3.05, 3.63) is 41.2 Å². The predicted octanol–water partition coefficient (Wildman–Crippen LogP) is 3.69. The normalized spacial score (nSPS) is 11.2. The van der Waals surface area contributed by atoms with Gasteiger partial charge in [0.15, 0.2) is 0 Å².